The van der Waals surface area contributed by atoms with Crippen molar-refractivity contribution in [2.75, 3.05) is 0 Å². The minimum Gasteiger partial charge on any atom is -0.0773 e. The average molecular weight is 164 g/mol. The molecule has 1 unspecified atom stereocenters. The van der Waals surface area contributed by atoms with Crippen molar-refractivity contribution in [3.8, 4) is 0 Å². The van der Waals surface area contributed by atoms with Gasteiger partial charge in [0.2, 0.25) is 0 Å². The van der Waals surface area contributed by atoms with E-state index in [-0.39, 0.29) is 0 Å². The second-order valence-electron chi connectivity index (χ2n) is 3.75. The van der Waals surface area contributed by atoms with Crippen LogP contribution in [0.4, 0.5) is 0 Å². The predicted octanol–water partition coefficient (Wildman–Crippen LogP) is 4.09. The molecule has 0 saturated heterocycles. The van der Waals surface area contributed by atoms with Crippen LogP contribution in [0.3, 0.4) is 0 Å². The number of hydrogen-bond donors (Lipinski definition) is 0. The molecule has 0 fully saturated rings. The summed E-state index contributed by atoms with van der Waals surface area (Å²) < 4.78 is 0. The Labute approximate surface area is 76.4 Å². The van der Waals surface area contributed by atoms with Crippen molar-refractivity contribution in [3.63, 3.8) is 0 Å². The van der Waals surface area contributed by atoms with Crippen molar-refractivity contribution in [2.45, 2.75) is 46.0 Å². The summed E-state index contributed by atoms with van der Waals surface area (Å²) in [5.41, 5.74) is 1.55. The van der Waals surface area contributed by atoms with Crippen LogP contribution in [0.25, 0.3) is 0 Å². The Kier molecular flexibility index (Phi) is 4.13. The molecule has 12 heavy (non-hydrogen) atoms. The summed E-state index contributed by atoms with van der Waals surface area (Å²) in [4.78, 5) is 0. The van der Waals surface area contributed by atoms with Gasteiger partial charge >= 0.3 is 0 Å². The summed E-state index contributed by atoms with van der Waals surface area (Å²) in [7, 11) is 0. The molecule has 0 saturated carbocycles. The fourth-order valence-electron chi connectivity index (χ4n) is 1.73. The third kappa shape index (κ3) is 2.84. The molecule has 68 valence electrons. The molecule has 0 N–H and O–H groups in total. The van der Waals surface area contributed by atoms with Crippen LogP contribution in [0.5, 0.6) is 0 Å². The number of allylic oxidation sites excluding steroid dienone is 4. The zero-order valence-electron chi connectivity index (χ0n) is 8.34. The van der Waals surface area contributed by atoms with Gasteiger partial charge in [0.05, 0.1) is 0 Å². The second-order valence-corrected chi connectivity index (χ2v) is 3.75. The Morgan fingerprint density at radius 1 is 1.25 bits per heavy atom. The minimum absolute atomic E-state index is 0.766. The summed E-state index contributed by atoms with van der Waals surface area (Å²) in [6, 6.07) is 0. The van der Waals surface area contributed by atoms with Gasteiger partial charge in [-0.3, -0.25) is 0 Å². The maximum atomic E-state index is 2.33. The monoisotopic (exact) mass is 164 g/mol. The van der Waals surface area contributed by atoms with Gasteiger partial charge in [0.15, 0.2) is 0 Å². The van der Waals surface area contributed by atoms with Crippen LogP contribution in [0.2, 0.25) is 0 Å². The largest absolute Gasteiger partial charge is 0.0773 e. The fourth-order valence-corrected chi connectivity index (χ4v) is 1.73. The smallest absolute Gasteiger partial charge is 0.00198 e. The fraction of sp³-hybridized carbons (Fsp3) is 0.667. The first-order chi connectivity index (χ1) is 5.84. The van der Waals surface area contributed by atoms with E-state index in [0.29, 0.717) is 0 Å². The third-order valence-corrected chi connectivity index (χ3v) is 2.66. The quantitative estimate of drug-likeness (QED) is 0.537. The van der Waals surface area contributed by atoms with Gasteiger partial charge in [-0.25, -0.2) is 0 Å². The first kappa shape index (κ1) is 9.57. The standard InChI is InChI=1S/C12H20/c1-3-4-5-6-9-12-10-7-8-11(12)2/h7-8,10,12H,3-6,9H2,1-2H3. The molecule has 0 radical (unpaired) electrons. The molecule has 0 heteroatoms. The van der Waals surface area contributed by atoms with Crippen LogP contribution in [0, 0.1) is 5.92 Å². The SMILES string of the molecule is CCCCCCC1C=CC=C1C. The lowest BCUT2D eigenvalue weighted by Gasteiger charge is -2.08. The highest BCUT2D eigenvalue weighted by Crippen LogP contribution is 2.24. The van der Waals surface area contributed by atoms with Crippen LogP contribution < -0.4 is 0 Å². The van der Waals surface area contributed by atoms with E-state index in [9.17, 15) is 0 Å². The number of unbranched alkanes of at least 4 members (excludes halogenated alkanes) is 3. The Balaban J connectivity index is 2.08. The average Bonchev–Trinajstić information content (AvgIpc) is 2.46. The van der Waals surface area contributed by atoms with Gasteiger partial charge in [-0.1, -0.05) is 56.4 Å². The Morgan fingerprint density at radius 3 is 2.67 bits per heavy atom. The van der Waals surface area contributed by atoms with Crippen molar-refractivity contribution in [1.82, 2.24) is 0 Å². The van der Waals surface area contributed by atoms with Gasteiger partial charge < -0.3 is 0 Å². The highest BCUT2D eigenvalue weighted by Gasteiger charge is 2.08. The van der Waals surface area contributed by atoms with E-state index >= 15 is 0 Å². The Bertz CT molecular complexity index is 174. The lowest BCUT2D eigenvalue weighted by molar-refractivity contribution is 0.579. The van der Waals surface area contributed by atoms with Gasteiger partial charge in [0.1, 0.15) is 0 Å². The molecule has 0 aromatic rings. The normalized spacial score (nSPS) is 21.5. The minimum atomic E-state index is 0.766. The molecular formula is C12H20. The lowest BCUT2D eigenvalue weighted by Crippen LogP contribution is -1.94. The van der Waals surface area contributed by atoms with Gasteiger partial charge in [0, 0.05) is 0 Å². The van der Waals surface area contributed by atoms with E-state index in [4.69, 9.17) is 0 Å². The Morgan fingerprint density at radius 2 is 2.08 bits per heavy atom. The molecular weight excluding hydrogens is 144 g/mol. The maximum absolute atomic E-state index is 2.33. The highest BCUT2D eigenvalue weighted by atomic mass is 14.1. The summed E-state index contributed by atoms with van der Waals surface area (Å²) in [5, 5.41) is 0. The van der Waals surface area contributed by atoms with Gasteiger partial charge in [-0.2, -0.15) is 0 Å². The molecule has 1 rings (SSSR count). The molecule has 1 aliphatic rings. The van der Waals surface area contributed by atoms with Crippen LogP contribution in [-0.4, -0.2) is 0 Å². The van der Waals surface area contributed by atoms with Crippen LogP contribution in [-0.2, 0) is 0 Å². The number of hydrogen-bond acceptors (Lipinski definition) is 0. The second kappa shape index (κ2) is 5.18. The van der Waals surface area contributed by atoms with E-state index in [1.54, 1.807) is 5.57 Å². The van der Waals surface area contributed by atoms with Gasteiger partial charge in [-0.05, 0) is 19.3 Å². The molecule has 0 spiro atoms. The molecule has 0 aromatic carbocycles. The summed E-state index contributed by atoms with van der Waals surface area (Å²) in [6.45, 7) is 4.51. The summed E-state index contributed by atoms with van der Waals surface area (Å²) >= 11 is 0. The van der Waals surface area contributed by atoms with E-state index in [1.165, 1.54) is 32.1 Å². The van der Waals surface area contributed by atoms with Gasteiger partial charge in [0.25, 0.3) is 0 Å². The summed E-state index contributed by atoms with van der Waals surface area (Å²) in [5.74, 6) is 0.766. The number of rotatable bonds is 5. The zero-order valence-corrected chi connectivity index (χ0v) is 8.34. The van der Waals surface area contributed by atoms with Crippen LogP contribution >= 0.6 is 0 Å². The molecule has 0 bridgehead atoms. The predicted molar refractivity (Wildman–Crippen MR) is 55.1 cm³/mol. The van der Waals surface area contributed by atoms with E-state index in [2.05, 4.69) is 32.1 Å². The molecule has 1 atom stereocenters. The molecule has 0 amide bonds. The van der Waals surface area contributed by atoms with Crippen LogP contribution in [0.15, 0.2) is 23.8 Å². The van der Waals surface area contributed by atoms with E-state index in [0.717, 1.165) is 5.92 Å². The van der Waals surface area contributed by atoms with Crippen LogP contribution in [0.1, 0.15) is 46.0 Å². The van der Waals surface area contributed by atoms with Crippen molar-refractivity contribution in [1.29, 1.82) is 0 Å². The topological polar surface area (TPSA) is 0 Å². The highest BCUT2D eigenvalue weighted by molar-refractivity contribution is 5.25. The third-order valence-electron chi connectivity index (χ3n) is 2.66. The zero-order chi connectivity index (χ0) is 8.81. The molecule has 0 nitrogen and oxygen atoms in total. The van der Waals surface area contributed by atoms with Crippen molar-refractivity contribution < 1.29 is 0 Å². The molecule has 0 aromatic heterocycles. The van der Waals surface area contributed by atoms with Crippen molar-refractivity contribution >= 4 is 0 Å². The van der Waals surface area contributed by atoms with Gasteiger partial charge in [-0.15, -0.1) is 0 Å². The first-order valence-electron chi connectivity index (χ1n) is 5.19. The summed E-state index contributed by atoms with van der Waals surface area (Å²) in [6.07, 6.45) is 13.7. The van der Waals surface area contributed by atoms with E-state index in [1.807, 2.05) is 0 Å². The lowest BCUT2D eigenvalue weighted by atomic mass is 9.97. The first-order valence-corrected chi connectivity index (χ1v) is 5.19. The van der Waals surface area contributed by atoms with Crippen molar-refractivity contribution in [3.05, 3.63) is 23.8 Å². The van der Waals surface area contributed by atoms with Crippen molar-refractivity contribution in [2.24, 2.45) is 5.92 Å². The Hall–Kier alpha value is -0.520. The molecule has 1 aliphatic carbocycles. The van der Waals surface area contributed by atoms with E-state index < -0.39 is 0 Å². The molecule has 0 heterocycles. The molecule has 0 aliphatic heterocycles. The maximum Gasteiger partial charge on any atom is -0.00198 e.